The van der Waals surface area contributed by atoms with Gasteiger partial charge in [-0.1, -0.05) is 73.3 Å². The van der Waals surface area contributed by atoms with E-state index in [1.165, 1.54) is 0 Å². The maximum absolute atomic E-state index is 13.7. The third-order valence-electron chi connectivity index (χ3n) is 3.53. The fraction of sp³-hybridized carbons (Fsp3) is 0. The molecule has 0 N–H and O–H groups in total. The highest BCUT2D eigenvalue weighted by Crippen LogP contribution is 2.48. The summed E-state index contributed by atoms with van der Waals surface area (Å²) in [6, 6.07) is 28.0. The van der Waals surface area contributed by atoms with Gasteiger partial charge in [0.25, 0.3) is 0 Å². The summed E-state index contributed by atoms with van der Waals surface area (Å²) in [5.74, 6) is 0.404. The molecule has 114 valence electrons. The van der Waals surface area contributed by atoms with Gasteiger partial charge in [0.1, 0.15) is 5.76 Å². The second kappa shape index (κ2) is 6.68. The molecule has 3 heteroatoms. The van der Waals surface area contributed by atoms with Crippen molar-refractivity contribution >= 4 is 23.7 Å². The second-order valence-electron chi connectivity index (χ2n) is 5.10. The lowest BCUT2D eigenvalue weighted by Crippen LogP contribution is -2.17. The molecule has 0 heterocycles. The summed E-state index contributed by atoms with van der Waals surface area (Å²) < 4.78 is 19.7. The number of hydrogen-bond acceptors (Lipinski definition) is 2. The minimum absolute atomic E-state index is 0.404. The first-order valence-electron chi connectivity index (χ1n) is 7.35. The van der Waals surface area contributed by atoms with Gasteiger partial charge in [0.05, 0.1) is 10.6 Å². The molecule has 0 aliphatic rings. The number of hydrogen-bond donors (Lipinski definition) is 0. The third kappa shape index (κ3) is 3.28. The van der Waals surface area contributed by atoms with Crippen molar-refractivity contribution in [1.29, 1.82) is 0 Å². The summed E-state index contributed by atoms with van der Waals surface area (Å²) >= 11 is 0. The van der Waals surface area contributed by atoms with Crippen LogP contribution in [0.25, 0.3) is 5.76 Å². The van der Waals surface area contributed by atoms with Gasteiger partial charge in [-0.05, 0) is 24.3 Å². The van der Waals surface area contributed by atoms with E-state index >= 15 is 0 Å². The van der Waals surface area contributed by atoms with E-state index in [-0.39, 0.29) is 0 Å². The smallest absolute Gasteiger partial charge is 0.306 e. The predicted octanol–water partition coefficient (Wildman–Crippen LogP) is 4.60. The van der Waals surface area contributed by atoms with Crippen LogP contribution in [0.4, 0.5) is 0 Å². The first-order chi connectivity index (χ1) is 11.2. The molecule has 0 spiro atoms. The summed E-state index contributed by atoms with van der Waals surface area (Å²) in [4.78, 5) is 0. The van der Waals surface area contributed by atoms with E-state index in [9.17, 15) is 4.57 Å². The van der Waals surface area contributed by atoms with Crippen LogP contribution in [0, 0.1) is 0 Å². The molecular weight excluding hydrogens is 303 g/mol. The van der Waals surface area contributed by atoms with Crippen molar-refractivity contribution in [1.82, 2.24) is 0 Å². The van der Waals surface area contributed by atoms with Crippen molar-refractivity contribution in [2.45, 2.75) is 0 Å². The molecule has 0 amide bonds. The van der Waals surface area contributed by atoms with Crippen LogP contribution in [0.2, 0.25) is 0 Å². The van der Waals surface area contributed by atoms with Crippen LogP contribution in [0.5, 0.6) is 0 Å². The fourth-order valence-corrected chi connectivity index (χ4v) is 4.39. The van der Waals surface area contributed by atoms with E-state index in [0.29, 0.717) is 16.4 Å². The van der Waals surface area contributed by atoms with Crippen molar-refractivity contribution in [2.24, 2.45) is 0 Å². The number of benzene rings is 3. The van der Waals surface area contributed by atoms with Crippen LogP contribution >= 0.6 is 7.37 Å². The average molecular weight is 320 g/mol. The molecule has 0 saturated heterocycles. The van der Waals surface area contributed by atoms with Crippen molar-refractivity contribution in [3.63, 3.8) is 0 Å². The maximum atomic E-state index is 13.7. The van der Waals surface area contributed by atoms with Gasteiger partial charge in [-0.2, -0.15) is 0 Å². The van der Waals surface area contributed by atoms with Crippen molar-refractivity contribution < 1.29 is 9.09 Å². The van der Waals surface area contributed by atoms with E-state index in [4.69, 9.17) is 4.52 Å². The van der Waals surface area contributed by atoms with E-state index in [2.05, 4.69) is 6.58 Å². The highest BCUT2D eigenvalue weighted by Gasteiger charge is 2.30. The van der Waals surface area contributed by atoms with E-state index in [0.717, 1.165) is 5.56 Å². The molecule has 0 radical (unpaired) electrons. The van der Waals surface area contributed by atoms with Gasteiger partial charge in [0.15, 0.2) is 0 Å². The van der Waals surface area contributed by atoms with Gasteiger partial charge >= 0.3 is 7.37 Å². The van der Waals surface area contributed by atoms with Crippen LogP contribution in [0.15, 0.2) is 97.6 Å². The zero-order valence-electron chi connectivity index (χ0n) is 12.6. The normalized spacial score (nSPS) is 11.0. The quantitative estimate of drug-likeness (QED) is 0.507. The van der Waals surface area contributed by atoms with E-state index < -0.39 is 7.37 Å². The second-order valence-corrected chi connectivity index (χ2v) is 7.42. The van der Waals surface area contributed by atoms with Gasteiger partial charge in [0.2, 0.25) is 0 Å². The van der Waals surface area contributed by atoms with Crippen LogP contribution in [0.3, 0.4) is 0 Å². The van der Waals surface area contributed by atoms with Gasteiger partial charge < -0.3 is 4.52 Å². The lowest BCUT2D eigenvalue weighted by atomic mass is 10.2. The summed E-state index contributed by atoms with van der Waals surface area (Å²) in [6.07, 6.45) is 0. The maximum Gasteiger partial charge on any atom is 0.306 e. The molecule has 0 fully saturated rings. The van der Waals surface area contributed by atoms with Gasteiger partial charge in [-0.25, -0.2) is 0 Å². The van der Waals surface area contributed by atoms with Gasteiger partial charge in [-0.3, -0.25) is 4.57 Å². The summed E-state index contributed by atoms with van der Waals surface area (Å²) in [6.45, 7) is 3.97. The lowest BCUT2D eigenvalue weighted by Gasteiger charge is -2.21. The van der Waals surface area contributed by atoms with Crippen LogP contribution in [0.1, 0.15) is 5.56 Å². The predicted molar refractivity (Wildman–Crippen MR) is 96.3 cm³/mol. The molecule has 0 atom stereocenters. The Morgan fingerprint density at radius 2 is 1.09 bits per heavy atom. The Labute approximate surface area is 136 Å². The van der Waals surface area contributed by atoms with Crippen molar-refractivity contribution in [3.8, 4) is 0 Å². The molecule has 2 nitrogen and oxygen atoms in total. The van der Waals surface area contributed by atoms with E-state index in [1.807, 2.05) is 91.0 Å². The van der Waals surface area contributed by atoms with Crippen LogP contribution in [-0.2, 0) is 9.09 Å². The Bertz CT molecular complexity index is 784. The monoisotopic (exact) mass is 320 g/mol. The van der Waals surface area contributed by atoms with Crippen LogP contribution < -0.4 is 10.6 Å². The Hall–Kier alpha value is -2.57. The molecule has 3 rings (SSSR count). The Kier molecular flexibility index (Phi) is 4.45. The highest BCUT2D eigenvalue weighted by molar-refractivity contribution is 7.74. The summed E-state index contributed by atoms with van der Waals surface area (Å²) in [7, 11) is -3.25. The topological polar surface area (TPSA) is 26.3 Å². The third-order valence-corrected chi connectivity index (χ3v) is 5.96. The van der Waals surface area contributed by atoms with E-state index in [1.54, 1.807) is 0 Å². The number of rotatable bonds is 5. The minimum Gasteiger partial charge on any atom is -0.437 e. The standard InChI is InChI=1S/C20H17O2P/c1-17(18-11-5-2-6-12-18)22-23(21,19-13-7-3-8-14-19)20-15-9-4-10-16-20/h2-16H,1H2. The van der Waals surface area contributed by atoms with Gasteiger partial charge in [-0.15, -0.1) is 0 Å². The molecule has 0 aliphatic carbocycles. The molecule has 3 aromatic carbocycles. The highest BCUT2D eigenvalue weighted by atomic mass is 31.2. The van der Waals surface area contributed by atoms with Gasteiger partial charge in [0, 0.05) is 5.56 Å². The molecule has 23 heavy (non-hydrogen) atoms. The minimum atomic E-state index is -3.25. The fourth-order valence-electron chi connectivity index (χ4n) is 2.33. The first-order valence-corrected chi connectivity index (χ1v) is 8.98. The molecule has 0 bridgehead atoms. The molecule has 0 aromatic heterocycles. The summed E-state index contributed by atoms with van der Waals surface area (Å²) in [5.41, 5.74) is 0.819. The zero-order valence-corrected chi connectivity index (χ0v) is 13.5. The van der Waals surface area contributed by atoms with Crippen LogP contribution in [-0.4, -0.2) is 0 Å². The Balaban J connectivity index is 2.04. The van der Waals surface area contributed by atoms with Crippen molar-refractivity contribution in [2.75, 3.05) is 0 Å². The summed E-state index contributed by atoms with van der Waals surface area (Å²) in [5, 5.41) is 1.31. The Morgan fingerprint density at radius 3 is 1.52 bits per heavy atom. The molecule has 0 aliphatic heterocycles. The largest absolute Gasteiger partial charge is 0.437 e. The molecule has 3 aromatic rings. The Morgan fingerprint density at radius 1 is 0.696 bits per heavy atom. The molecule has 0 unspecified atom stereocenters. The van der Waals surface area contributed by atoms with Crippen molar-refractivity contribution in [3.05, 3.63) is 103 Å². The molecule has 0 saturated carbocycles. The molecular formula is C20H17O2P. The SMILES string of the molecule is C=C(OP(=O)(c1ccccc1)c1ccccc1)c1ccccc1. The zero-order chi connectivity index (χ0) is 16.1. The average Bonchev–Trinajstić information content (AvgIpc) is 2.64. The first kappa shape index (κ1) is 15.3. The lowest BCUT2D eigenvalue weighted by molar-refractivity contribution is 0.482.